The van der Waals surface area contributed by atoms with Crippen LogP contribution in [0.3, 0.4) is 0 Å². The molecular formula is C19H22N2O2. The van der Waals surface area contributed by atoms with Gasteiger partial charge in [0.2, 0.25) is 0 Å². The summed E-state index contributed by atoms with van der Waals surface area (Å²) in [6.45, 7) is 4.01. The maximum absolute atomic E-state index is 12.9. The molecule has 0 unspecified atom stereocenters. The van der Waals surface area contributed by atoms with Gasteiger partial charge in [-0.2, -0.15) is 0 Å². The molecule has 1 aromatic carbocycles. The minimum atomic E-state index is -0.142. The summed E-state index contributed by atoms with van der Waals surface area (Å²) in [5.41, 5.74) is 0.886. The fourth-order valence-corrected chi connectivity index (χ4v) is 3.97. The number of piperidine rings is 1. The van der Waals surface area contributed by atoms with Crippen LogP contribution in [0.5, 0.6) is 0 Å². The summed E-state index contributed by atoms with van der Waals surface area (Å²) in [5, 5.41) is 1.33. The maximum Gasteiger partial charge on any atom is 0.255 e. The molecule has 4 nitrogen and oxygen atoms in total. The smallest absolute Gasteiger partial charge is 0.255 e. The lowest BCUT2D eigenvalue weighted by molar-refractivity contribution is 0.0569. The summed E-state index contributed by atoms with van der Waals surface area (Å²) >= 11 is 0. The normalized spacial score (nSPS) is 20.7. The van der Waals surface area contributed by atoms with E-state index in [0.29, 0.717) is 16.4 Å². The molecule has 1 aliphatic heterocycles. The first-order valence-corrected chi connectivity index (χ1v) is 8.48. The lowest BCUT2D eigenvalue weighted by Gasteiger charge is -2.40. The number of aromatic amines is 1. The third kappa shape index (κ3) is 2.46. The highest BCUT2D eigenvalue weighted by molar-refractivity contribution is 6.06. The number of H-pyrrole nitrogens is 1. The summed E-state index contributed by atoms with van der Waals surface area (Å²) in [4.78, 5) is 29.5. The fraction of sp³-hybridized carbons (Fsp3) is 0.474. The topological polar surface area (TPSA) is 53.2 Å². The number of benzene rings is 1. The molecule has 0 bridgehead atoms. The molecule has 23 heavy (non-hydrogen) atoms. The summed E-state index contributed by atoms with van der Waals surface area (Å²) in [5.74, 6) is 0.906. The van der Waals surface area contributed by atoms with Gasteiger partial charge < -0.3 is 9.88 Å². The Morgan fingerprint density at radius 3 is 2.48 bits per heavy atom. The monoisotopic (exact) mass is 310 g/mol. The van der Waals surface area contributed by atoms with Gasteiger partial charge in [-0.15, -0.1) is 0 Å². The summed E-state index contributed by atoms with van der Waals surface area (Å²) < 4.78 is 0. The van der Waals surface area contributed by atoms with Gasteiger partial charge in [0.25, 0.3) is 11.5 Å². The van der Waals surface area contributed by atoms with Crippen molar-refractivity contribution in [3.8, 4) is 0 Å². The summed E-state index contributed by atoms with van der Waals surface area (Å²) in [6, 6.07) is 7.33. The molecule has 1 saturated carbocycles. The van der Waals surface area contributed by atoms with Crippen molar-refractivity contribution in [3.63, 3.8) is 0 Å². The largest absolute Gasteiger partial charge is 0.339 e. The predicted molar refractivity (Wildman–Crippen MR) is 90.5 cm³/mol. The molecule has 2 aromatic rings. The van der Waals surface area contributed by atoms with Gasteiger partial charge in [-0.3, -0.25) is 9.59 Å². The average Bonchev–Trinajstić information content (AvgIpc) is 3.41. The molecule has 1 aliphatic carbocycles. The number of fused-ring (bicyclic) bond motifs is 1. The van der Waals surface area contributed by atoms with Crippen LogP contribution < -0.4 is 5.56 Å². The van der Waals surface area contributed by atoms with E-state index in [0.717, 1.165) is 37.2 Å². The molecule has 4 heteroatoms. The van der Waals surface area contributed by atoms with Crippen LogP contribution in [-0.4, -0.2) is 28.9 Å². The molecule has 1 saturated heterocycles. The molecule has 4 rings (SSSR count). The number of amides is 1. The van der Waals surface area contributed by atoms with Gasteiger partial charge in [-0.05, 0) is 43.1 Å². The highest BCUT2D eigenvalue weighted by atomic mass is 16.2. The van der Waals surface area contributed by atoms with Gasteiger partial charge in [-0.25, -0.2) is 0 Å². The minimum Gasteiger partial charge on any atom is -0.339 e. The zero-order valence-electron chi connectivity index (χ0n) is 13.5. The van der Waals surface area contributed by atoms with E-state index in [1.165, 1.54) is 12.8 Å². The molecule has 1 N–H and O–H groups in total. The van der Waals surface area contributed by atoms with E-state index in [2.05, 4.69) is 11.9 Å². The van der Waals surface area contributed by atoms with E-state index in [9.17, 15) is 9.59 Å². The van der Waals surface area contributed by atoms with Gasteiger partial charge in [0, 0.05) is 30.1 Å². The number of carbonyl (C=O) groups is 1. The third-order valence-corrected chi connectivity index (χ3v) is 5.80. The first-order valence-electron chi connectivity index (χ1n) is 8.48. The number of nitrogens with one attached hydrogen (secondary N) is 1. The number of pyridine rings is 1. The number of hydrogen-bond donors (Lipinski definition) is 1. The second kappa shape index (κ2) is 5.22. The van der Waals surface area contributed by atoms with Crippen molar-refractivity contribution in [1.82, 2.24) is 9.88 Å². The Balaban J connectivity index is 1.61. The molecule has 1 amide bonds. The molecule has 120 valence electrons. The zero-order chi connectivity index (χ0) is 16.0. The lowest BCUT2D eigenvalue weighted by atomic mass is 9.76. The van der Waals surface area contributed by atoms with Crippen LogP contribution in [0.4, 0.5) is 0 Å². The molecule has 0 atom stereocenters. The highest BCUT2D eigenvalue weighted by Crippen LogP contribution is 2.51. The SMILES string of the molecule is CC1(C2CC2)CCN(C(=O)c2c[nH]c(=O)c3ccccc23)CC1. The van der Waals surface area contributed by atoms with Crippen molar-refractivity contribution in [2.75, 3.05) is 13.1 Å². The summed E-state index contributed by atoms with van der Waals surface area (Å²) in [7, 11) is 0. The van der Waals surface area contributed by atoms with Gasteiger partial charge in [0.1, 0.15) is 0 Å². The van der Waals surface area contributed by atoms with E-state index in [-0.39, 0.29) is 11.5 Å². The Labute approximate surface area is 135 Å². The number of aromatic nitrogens is 1. The first kappa shape index (κ1) is 14.5. The van der Waals surface area contributed by atoms with Crippen molar-refractivity contribution in [1.29, 1.82) is 0 Å². The molecule has 1 aromatic heterocycles. The van der Waals surface area contributed by atoms with E-state index in [1.807, 2.05) is 23.1 Å². The van der Waals surface area contributed by atoms with Crippen LogP contribution in [-0.2, 0) is 0 Å². The van der Waals surface area contributed by atoms with Crippen molar-refractivity contribution in [2.45, 2.75) is 32.6 Å². The number of hydrogen-bond acceptors (Lipinski definition) is 2. The van der Waals surface area contributed by atoms with E-state index in [4.69, 9.17) is 0 Å². The Morgan fingerprint density at radius 1 is 1.17 bits per heavy atom. The highest BCUT2D eigenvalue weighted by Gasteiger charge is 2.43. The molecule has 2 fully saturated rings. The molecule has 0 radical (unpaired) electrons. The van der Waals surface area contributed by atoms with Crippen LogP contribution in [0, 0.1) is 11.3 Å². The Morgan fingerprint density at radius 2 is 1.83 bits per heavy atom. The van der Waals surface area contributed by atoms with Crippen LogP contribution in [0.25, 0.3) is 10.8 Å². The van der Waals surface area contributed by atoms with Crippen molar-refractivity contribution in [2.24, 2.45) is 11.3 Å². The molecule has 2 aliphatic rings. The van der Waals surface area contributed by atoms with E-state index >= 15 is 0 Å². The van der Waals surface area contributed by atoms with Crippen LogP contribution in [0.15, 0.2) is 35.3 Å². The Bertz CT molecular complexity index is 811. The van der Waals surface area contributed by atoms with Crippen LogP contribution in [0.1, 0.15) is 43.0 Å². The first-order chi connectivity index (χ1) is 11.1. The number of rotatable bonds is 2. The van der Waals surface area contributed by atoms with Crippen LogP contribution in [0.2, 0.25) is 0 Å². The number of likely N-dealkylation sites (tertiary alicyclic amines) is 1. The zero-order valence-corrected chi connectivity index (χ0v) is 13.5. The van der Waals surface area contributed by atoms with E-state index < -0.39 is 0 Å². The summed E-state index contributed by atoms with van der Waals surface area (Å²) in [6.07, 6.45) is 6.46. The predicted octanol–water partition coefficient (Wildman–Crippen LogP) is 3.18. The number of carbonyl (C=O) groups excluding carboxylic acids is 1. The van der Waals surface area contributed by atoms with Gasteiger partial charge in [0.05, 0.1) is 5.56 Å². The van der Waals surface area contributed by atoms with Gasteiger partial charge >= 0.3 is 0 Å². The van der Waals surface area contributed by atoms with Crippen LogP contribution >= 0.6 is 0 Å². The minimum absolute atomic E-state index is 0.0373. The van der Waals surface area contributed by atoms with Gasteiger partial charge in [-0.1, -0.05) is 25.1 Å². The lowest BCUT2D eigenvalue weighted by Crippen LogP contribution is -2.43. The average molecular weight is 310 g/mol. The molecule has 0 spiro atoms. The quantitative estimate of drug-likeness (QED) is 0.926. The van der Waals surface area contributed by atoms with E-state index in [1.54, 1.807) is 12.3 Å². The van der Waals surface area contributed by atoms with Crippen molar-refractivity contribution < 1.29 is 4.79 Å². The third-order valence-electron chi connectivity index (χ3n) is 5.80. The number of nitrogens with zero attached hydrogens (tertiary/aromatic N) is 1. The maximum atomic E-state index is 12.9. The van der Waals surface area contributed by atoms with Crippen molar-refractivity contribution in [3.05, 3.63) is 46.4 Å². The standard InChI is InChI=1S/C19H22N2O2/c1-19(13-6-7-13)8-10-21(11-9-19)18(23)16-12-20-17(22)15-5-3-2-4-14(15)16/h2-5,12-13H,6-11H2,1H3,(H,20,22). The fourth-order valence-electron chi connectivity index (χ4n) is 3.97. The Hall–Kier alpha value is -2.10. The van der Waals surface area contributed by atoms with Gasteiger partial charge in [0.15, 0.2) is 0 Å². The second-order valence-corrected chi connectivity index (χ2v) is 7.30. The second-order valence-electron chi connectivity index (χ2n) is 7.30. The molecule has 2 heterocycles. The Kier molecular flexibility index (Phi) is 3.29. The van der Waals surface area contributed by atoms with Crippen molar-refractivity contribution >= 4 is 16.7 Å². The molecular weight excluding hydrogens is 288 g/mol.